The molecule has 11 heavy (non-hydrogen) atoms. The molecule has 0 aliphatic heterocycles. The fourth-order valence-electron chi connectivity index (χ4n) is 0.714. The summed E-state index contributed by atoms with van der Waals surface area (Å²) in [5.74, 6) is 0. The summed E-state index contributed by atoms with van der Waals surface area (Å²) in [7, 11) is 0. The van der Waals surface area contributed by atoms with E-state index in [2.05, 4.69) is 4.99 Å². The van der Waals surface area contributed by atoms with Gasteiger partial charge in [-0.2, -0.15) is 0 Å². The molecule has 0 spiro atoms. The predicted molar refractivity (Wildman–Crippen MR) is 50.3 cm³/mol. The Hall–Kier alpha value is -0.530. The van der Waals surface area contributed by atoms with Gasteiger partial charge in [0.2, 0.25) is 0 Å². The first-order chi connectivity index (χ1) is 5.24. The summed E-state index contributed by atoms with van der Waals surface area (Å²) in [5, 5.41) is 1.09. The number of hydrogen-bond donors (Lipinski definition) is 0. The van der Waals surface area contributed by atoms with Crippen LogP contribution >= 0.6 is 23.2 Å². The van der Waals surface area contributed by atoms with Crippen LogP contribution in [0.1, 0.15) is 6.92 Å². The maximum atomic E-state index is 5.74. The lowest BCUT2D eigenvalue weighted by Crippen LogP contribution is -1.68. The lowest BCUT2D eigenvalue weighted by molar-refractivity contribution is 1.53. The van der Waals surface area contributed by atoms with Gasteiger partial charge in [0.15, 0.2) is 0 Å². The Kier molecular flexibility index (Phi) is 2.92. The average Bonchev–Trinajstić information content (AvgIpc) is 1.98. The molecule has 3 heteroatoms. The molecule has 0 saturated heterocycles. The maximum Gasteiger partial charge on any atom is 0.0641 e. The number of halogens is 2. The van der Waals surface area contributed by atoms with Crippen molar-refractivity contribution in [3.63, 3.8) is 0 Å². The van der Waals surface area contributed by atoms with Gasteiger partial charge >= 0.3 is 0 Å². The Labute approximate surface area is 75.7 Å². The third kappa shape index (κ3) is 2.21. The first kappa shape index (κ1) is 8.57. The first-order valence-electron chi connectivity index (χ1n) is 3.18. The summed E-state index contributed by atoms with van der Waals surface area (Å²) in [5.41, 5.74) is 0.821. The van der Waals surface area contributed by atoms with E-state index < -0.39 is 0 Å². The minimum absolute atomic E-state index is 0.537. The Balaban J connectivity index is 3.05. The van der Waals surface area contributed by atoms with Crippen LogP contribution in [0, 0.1) is 0 Å². The Morgan fingerprint density at radius 1 is 1.27 bits per heavy atom. The smallest absolute Gasteiger partial charge is 0.0641 e. The molecule has 0 fully saturated rings. The van der Waals surface area contributed by atoms with Crippen LogP contribution in [-0.2, 0) is 0 Å². The molecule has 0 unspecified atom stereocenters. The number of rotatable bonds is 1. The van der Waals surface area contributed by atoms with Gasteiger partial charge in [0.25, 0.3) is 0 Å². The van der Waals surface area contributed by atoms with Crippen LogP contribution in [0.4, 0.5) is 5.69 Å². The van der Waals surface area contributed by atoms with Crippen molar-refractivity contribution in [1.82, 2.24) is 0 Å². The second kappa shape index (κ2) is 3.74. The van der Waals surface area contributed by atoms with Crippen LogP contribution in [0.5, 0.6) is 0 Å². The SMILES string of the molecule is CC=Nc1ccc(Cl)c(Cl)c1. The fourth-order valence-corrected chi connectivity index (χ4v) is 1.01. The molecular weight excluding hydrogens is 181 g/mol. The van der Waals surface area contributed by atoms with Crippen molar-refractivity contribution in [2.24, 2.45) is 4.99 Å². The Bertz CT molecular complexity index is 281. The van der Waals surface area contributed by atoms with E-state index in [-0.39, 0.29) is 0 Å². The third-order valence-corrected chi connectivity index (χ3v) is 1.92. The molecule has 0 amide bonds. The third-order valence-electron chi connectivity index (χ3n) is 1.18. The molecule has 0 heterocycles. The largest absolute Gasteiger partial charge is 0.261 e. The summed E-state index contributed by atoms with van der Waals surface area (Å²) in [6, 6.07) is 5.27. The second-order valence-corrected chi connectivity index (χ2v) is 2.80. The van der Waals surface area contributed by atoms with Gasteiger partial charge in [-0.3, -0.25) is 4.99 Å². The van der Waals surface area contributed by atoms with Crippen molar-refractivity contribution in [3.05, 3.63) is 28.2 Å². The molecule has 1 aromatic carbocycles. The number of benzene rings is 1. The van der Waals surface area contributed by atoms with Gasteiger partial charge in [0.1, 0.15) is 0 Å². The van der Waals surface area contributed by atoms with E-state index in [9.17, 15) is 0 Å². The molecule has 0 aliphatic rings. The molecule has 0 aliphatic carbocycles. The molecule has 0 N–H and O–H groups in total. The quantitative estimate of drug-likeness (QED) is 0.595. The van der Waals surface area contributed by atoms with E-state index in [0.29, 0.717) is 10.0 Å². The summed E-state index contributed by atoms with van der Waals surface area (Å²) in [6.07, 6.45) is 1.71. The molecule has 1 aromatic rings. The molecule has 0 bridgehead atoms. The van der Waals surface area contributed by atoms with Gasteiger partial charge < -0.3 is 0 Å². The monoisotopic (exact) mass is 187 g/mol. The highest BCUT2D eigenvalue weighted by Crippen LogP contribution is 2.26. The molecular formula is C8H7Cl2N. The van der Waals surface area contributed by atoms with E-state index in [0.717, 1.165) is 5.69 Å². The normalized spacial score (nSPS) is 10.8. The molecule has 1 rings (SSSR count). The minimum Gasteiger partial charge on any atom is -0.261 e. The van der Waals surface area contributed by atoms with Crippen molar-refractivity contribution in [1.29, 1.82) is 0 Å². The lowest BCUT2D eigenvalue weighted by atomic mass is 10.3. The maximum absolute atomic E-state index is 5.74. The highest BCUT2D eigenvalue weighted by molar-refractivity contribution is 6.42. The minimum atomic E-state index is 0.537. The van der Waals surface area contributed by atoms with Gasteiger partial charge in [-0.25, -0.2) is 0 Å². The van der Waals surface area contributed by atoms with Gasteiger partial charge in [-0.05, 0) is 25.1 Å². The lowest BCUT2D eigenvalue weighted by Gasteiger charge is -1.95. The molecule has 0 radical (unpaired) electrons. The van der Waals surface area contributed by atoms with Gasteiger partial charge in [0, 0.05) is 6.21 Å². The second-order valence-electron chi connectivity index (χ2n) is 1.99. The predicted octanol–water partition coefficient (Wildman–Crippen LogP) is 3.72. The van der Waals surface area contributed by atoms with E-state index in [1.807, 2.05) is 13.0 Å². The van der Waals surface area contributed by atoms with Crippen LogP contribution in [0.2, 0.25) is 10.0 Å². The molecule has 1 nitrogen and oxygen atoms in total. The van der Waals surface area contributed by atoms with Crippen LogP contribution < -0.4 is 0 Å². The van der Waals surface area contributed by atoms with Crippen LogP contribution in [-0.4, -0.2) is 6.21 Å². The van der Waals surface area contributed by atoms with Crippen molar-refractivity contribution >= 4 is 35.1 Å². The van der Waals surface area contributed by atoms with Crippen LogP contribution in [0.25, 0.3) is 0 Å². The van der Waals surface area contributed by atoms with Gasteiger partial charge in [0.05, 0.1) is 15.7 Å². The molecule has 0 aromatic heterocycles. The zero-order chi connectivity index (χ0) is 8.27. The van der Waals surface area contributed by atoms with Gasteiger partial charge in [-0.15, -0.1) is 0 Å². The van der Waals surface area contributed by atoms with Gasteiger partial charge in [-0.1, -0.05) is 23.2 Å². The van der Waals surface area contributed by atoms with E-state index in [1.54, 1.807) is 18.3 Å². The van der Waals surface area contributed by atoms with E-state index in [4.69, 9.17) is 23.2 Å². The van der Waals surface area contributed by atoms with Crippen molar-refractivity contribution < 1.29 is 0 Å². The Morgan fingerprint density at radius 3 is 2.55 bits per heavy atom. The zero-order valence-corrected chi connectivity index (χ0v) is 7.52. The molecule has 0 saturated carbocycles. The highest BCUT2D eigenvalue weighted by atomic mass is 35.5. The summed E-state index contributed by atoms with van der Waals surface area (Å²) in [6.45, 7) is 1.85. The zero-order valence-electron chi connectivity index (χ0n) is 6.01. The van der Waals surface area contributed by atoms with Crippen molar-refractivity contribution in [3.8, 4) is 0 Å². The number of nitrogens with zero attached hydrogens (tertiary/aromatic N) is 1. The topological polar surface area (TPSA) is 12.4 Å². The highest BCUT2D eigenvalue weighted by Gasteiger charge is 1.96. The van der Waals surface area contributed by atoms with Crippen LogP contribution in [0.3, 0.4) is 0 Å². The molecule has 58 valence electrons. The average molecular weight is 188 g/mol. The summed E-state index contributed by atoms with van der Waals surface area (Å²) >= 11 is 11.4. The number of hydrogen-bond acceptors (Lipinski definition) is 1. The first-order valence-corrected chi connectivity index (χ1v) is 3.93. The number of aliphatic imine (C=N–C) groups is 1. The standard InChI is InChI=1S/C8H7Cl2N/c1-2-11-6-3-4-7(9)8(10)5-6/h2-5H,1H3. The van der Waals surface area contributed by atoms with E-state index >= 15 is 0 Å². The fraction of sp³-hybridized carbons (Fsp3) is 0.125. The van der Waals surface area contributed by atoms with Crippen molar-refractivity contribution in [2.45, 2.75) is 6.92 Å². The van der Waals surface area contributed by atoms with Crippen LogP contribution in [0.15, 0.2) is 23.2 Å². The van der Waals surface area contributed by atoms with Crippen molar-refractivity contribution in [2.75, 3.05) is 0 Å². The van der Waals surface area contributed by atoms with E-state index in [1.165, 1.54) is 0 Å². The Morgan fingerprint density at radius 2 is 2.00 bits per heavy atom. The summed E-state index contributed by atoms with van der Waals surface area (Å²) < 4.78 is 0. The summed E-state index contributed by atoms with van der Waals surface area (Å²) in [4.78, 5) is 4.04. The molecule has 0 atom stereocenters.